The highest BCUT2D eigenvalue weighted by molar-refractivity contribution is 5.72. The van der Waals surface area contributed by atoms with Crippen molar-refractivity contribution in [2.45, 2.75) is 33.2 Å². The highest BCUT2D eigenvalue weighted by atomic mass is 16.5. The van der Waals surface area contributed by atoms with Crippen LogP contribution in [-0.2, 0) is 16.1 Å². The molecule has 1 aliphatic heterocycles. The number of nitrogens with zero attached hydrogens (tertiary/aromatic N) is 2. The van der Waals surface area contributed by atoms with Gasteiger partial charge >= 0.3 is 5.97 Å². The van der Waals surface area contributed by atoms with Crippen molar-refractivity contribution < 1.29 is 14.3 Å². The first-order valence-corrected chi connectivity index (χ1v) is 7.53. The lowest BCUT2D eigenvalue weighted by Crippen LogP contribution is -2.39. The Morgan fingerprint density at radius 1 is 1.48 bits per heavy atom. The van der Waals surface area contributed by atoms with Gasteiger partial charge in [0.15, 0.2) is 0 Å². The Hall–Kier alpha value is -1.62. The zero-order valence-corrected chi connectivity index (χ0v) is 13.1. The lowest BCUT2D eigenvalue weighted by Gasteiger charge is -2.31. The molecule has 0 bridgehead atoms. The van der Waals surface area contributed by atoms with E-state index < -0.39 is 0 Å². The van der Waals surface area contributed by atoms with E-state index in [0.717, 1.165) is 49.6 Å². The van der Waals surface area contributed by atoms with Gasteiger partial charge in [-0.3, -0.25) is 14.7 Å². The monoisotopic (exact) mass is 292 g/mol. The molecule has 0 saturated carbocycles. The Balaban J connectivity index is 1.99. The summed E-state index contributed by atoms with van der Waals surface area (Å²) in [6.07, 6.45) is 1.94. The number of carbonyl (C=O) groups excluding carboxylic acids is 1. The van der Waals surface area contributed by atoms with Gasteiger partial charge in [-0.1, -0.05) is 0 Å². The van der Waals surface area contributed by atoms with Crippen LogP contribution in [0.25, 0.3) is 0 Å². The second kappa shape index (κ2) is 7.41. The van der Waals surface area contributed by atoms with Gasteiger partial charge in [0, 0.05) is 30.9 Å². The van der Waals surface area contributed by atoms with Crippen LogP contribution in [0.4, 0.5) is 0 Å². The second-order valence-corrected chi connectivity index (χ2v) is 5.47. The molecule has 2 heterocycles. The van der Waals surface area contributed by atoms with Crippen LogP contribution in [-0.4, -0.2) is 42.7 Å². The maximum atomic E-state index is 11.9. The molecule has 116 valence electrons. The summed E-state index contributed by atoms with van der Waals surface area (Å²) in [5.41, 5.74) is 1.93. The highest BCUT2D eigenvalue weighted by Gasteiger charge is 2.27. The summed E-state index contributed by atoms with van der Waals surface area (Å²) in [7, 11) is 1.66. The summed E-state index contributed by atoms with van der Waals surface area (Å²) in [6.45, 7) is 6.75. The lowest BCUT2D eigenvalue weighted by molar-refractivity contribution is -0.150. The van der Waals surface area contributed by atoms with E-state index in [0.29, 0.717) is 6.61 Å². The SMILES string of the molecule is CCOC(=O)[C@@H]1CCCN(Cc2cc(OC)cc(C)n2)C1. The number of likely N-dealkylation sites (tertiary alicyclic amines) is 1. The topological polar surface area (TPSA) is 51.7 Å². The molecule has 0 aliphatic carbocycles. The minimum absolute atomic E-state index is 0.00888. The van der Waals surface area contributed by atoms with E-state index in [-0.39, 0.29) is 11.9 Å². The summed E-state index contributed by atoms with van der Waals surface area (Å²) in [6, 6.07) is 3.88. The fraction of sp³-hybridized carbons (Fsp3) is 0.625. The van der Waals surface area contributed by atoms with Crippen molar-refractivity contribution in [1.82, 2.24) is 9.88 Å². The molecule has 0 radical (unpaired) electrons. The quantitative estimate of drug-likeness (QED) is 0.779. The zero-order valence-electron chi connectivity index (χ0n) is 13.1. The fourth-order valence-corrected chi connectivity index (χ4v) is 2.78. The summed E-state index contributed by atoms with van der Waals surface area (Å²) < 4.78 is 10.4. The third kappa shape index (κ3) is 4.43. The summed E-state index contributed by atoms with van der Waals surface area (Å²) >= 11 is 0. The lowest BCUT2D eigenvalue weighted by atomic mass is 9.98. The molecule has 1 fully saturated rings. The number of ether oxygens (including phenoxy) is 2. The fourth-order valence-electron chi connectivity index (χ4n) is 2.78. The Kier molecular flexibility index (Phi) is 5.56. The first-order chi connectivity index (χ1) is 10.1. The number of hydrogen-bond donors (Lipinski definition) is 0. The Morgan fingerprint density at radius 3 is 3.00 bits per heavy atom. The van der Waals surface area contributed by atoms with Crippen molar-refractivity contribution in [2.24, 2.45) is 5.92 Å². The van der Waals surface area contributed by atoms with E-state index in [1.165, 1.54) is 0 Å². The molecule has 2 rings (SSSR count). The number of esters is 1. The summed E-state index contributed by atoms with van der Waals surface area (Å²) in [4.78, 5) is 18.7. The van der Waals surface area contributed by atoms with Gasteiger partial charge < -0.3 is 9.47 Å². The van der Waals surface area contributed by atoms with E-state index in [2.05, 4.69) is 9.88 Å². The van der Waals surface area contributed by atoms with Crippen molar-refractivity contribution in [3.63, 3.8) is 0 Å². The number of hydrogen-bond acceptors (Lipinski definition) is 5. The molecule has 0 N–H and O–H groups in total. The van der Waals surface area contributed by atoms with Gasteiger partial charge in [0.2, 0.25) is 0 Å². The van der Waals surface area contributed by atoms with Crippen LogP contribution in [0.3, 0.4) is 0 Å². The molecule has 1 aromatic rings. The normalized spacial score (nSPS) is 19.3. The number of piperidine rings is 1. The molecule has 5 heteroatoms. The first kappa shape index (κ1) is 15.8. The van der Waals surface area contributed by atoms with Crippen molar-refractivity contribution >= 4 is 5.97 Å². The van der Waals surface area contributed by atoms with Crippen LogP contribution in [0.1, 0.15) is 31.2 Å². The summed E-state index contributed by atoms with van der Waals surface area (Å²) in [5, 5.41) is 0. The van der Waals surface area contributed by atoms with Crippen LogP contribution >= 0.6 is 0 Å². The van der Waals surface area contributed by atoms with E-state index in [1.54, 1.807) is 7.11 Å². The zero-order chi connectivity index (χ0) is 15.2. The number of aryl methyl sites for hydroxylation is 1. The van der Waals surface area contributed by atoms with E-state index >= 15 is 0 Å². The maximum Gasteiger partial charge on any atom is 0.310 e. The molecule has 1 aromatic heterocycles. The molecule has 0 spiro atoms. The van der Waals surface area contributed by atoms with Gasteiger partial charge in [0.05, 0.1) is 25.3 Å². The summed E-state index contributed by atoms with van der Waals surface area (Å²) in [5.74, 6) is 0.749. The molecule has 1 saturated heterocycles. The predicted octanol–water partition coefficient (Wildman–Crippen LogP) is 2.17. The predicted molar refractivity (Wildman–Crippen MR) is 80.2 cm³/mol. The number of pyridine rings is 1. The number of aromatic nitrogens is 1. The smallest absolute Gasteiger partial charge is 0.310 e. The number of carbonyl (C=O) groups is 1. The van der Waals surface area contributed by atoms with Crippen LogP contribution < -0.4 is 4.74 Å². The van der Waals surface area contributed by atoms with E-state index in [4.69, 9.17) is 9.47 Å². The van der Waals surface area contributed by atoms with Crippen molar-refractivity contribution in [3.8, 4) is 5.75 Å². The first-order valence-electron chi connectivity index (χ1n) is 7.53. The van der Waals surface area contributed by atoms with Gasteiger partial charge in [-0.05, 0) is 33.2 Å². The van der Waals surface area contributed by atoms with Gasteiger partial charge in [-0.25, -0.2) is 0 Å². The minimum atomic E-state index is -0.0722. The molecule has 0 aromatic carbocycles. The molecule has 1 atom stereocenters. The van der Waals surface area contributed by atoms with Gasteiger partial charge in [-0.15, -0.1) is 0 Å². The standard InChI is InChI=1S/C16H24N2O3/c1-4-21-16(19)13-6-5-7-18(10-13)11-14-9-15(20-3)8-12(2)17-14/h8-9,13H,4-7,10-11H2,1-3H3/t13-/m1/s1. The van der Waals surface area contributed by atoms with Gasteiger partial charge in [0.1, 0.15) is 5.75 Å². The van der Waals surface area contributed by atoms with E-state index in [9.17, 15) is 4.79 Å². The largest absolute Gasteiger partial charge is 0.497 e. The number of rotatable bonds is 5. The van der Waals surface area contributed by atoms with Crippen molar-refractivity contribution in [3.05, 3.63) is 23.5 Å². The average molecular weight is 292 g/mol. The second-order valence-electron chi connectivity index (χ2n) is 5.47. The molecule has 5 nitrogen and oxygen atoms in total. The third-order valence-electron chi connectivity index (χ3n) is 3.73. The van der Waals surface area contributed by atoms with Gasteiger partial charge in [0.25, 0.3) is 0 Å². The molecule has 0 amide bonds. The number of methoxy groups -OCH3 is 1. The minimum Gasteiger partial charge on any atom is -0.497 e. The molecular formula is C16H24N2O3. The van der Waals surface area contributed by atoms with Crippen LogP contribution in [0.2, 0.25) is 0 Å². The Bertz CT molecular complexity index is 490. The highest BCUT2D eigenvalue weighted by Crippen LogP contribution is 2.21. The van der Waals surface area contributed by atoms with Crippen LogP contribution in [0.5, 0.6) is 5.75 Å². The Labute approximate surface area is 126 Å². The Morgan fingerprint density at radius 2 is 2.29 bits per heavy atom. The molecule has 21 heavy (non-hydrogen) atoms. The van der Waals surface area contributed by atoms with Crippen LogP contribution in [0.15, 0.2) is 12.1 Å². The van der Waals surface area contributed by atoms with Crippen molar-refractivity contribution in [1.29, 1.82) is 0 Å². The molecular weight excluding hydrogens is 268 g/mol. The average Bonchev–Trinajstić information content (AvgIpc) is 2.47. The van der Waals surface area contributed by atoms with E-state index in [1.807, 2.05) is 26.0 Å². The molecule has 0 unspecified atom stereocenters. The van der Waals surface area contributed by atoms with Crippen molar-refractivity contribution in [2.75, 3.05) is 26.8 Å². The maximum absolute atomic E-state index is 11.9. The third-order valence-corrected chi connectivity index (χ3v) is 3.73. The van der Waals surface area contributed by atoms with Crippen LogP contribution in [0, 0.1) is 12.8 Å². The van der Waals surface area contributed by atoms with Gasteiger partial charge in [-0.2, -0.15) is 0 Å². The molecule has 1 aliphatic rings.